The minimum atomic E-state index is -0.284. The molecule has 0 atom stereocenters. The van der Waals surface area contributed by atoms with Crippen molar-refractivity contribution < 1.29 is 18.6 Å². The molecule has 0 aliphatic carbocycles. The van der Waals surface area contributed by atoms with E-state index >= 15 is 0 Å². The number of para-hydroxylation sites is 2. The van der Waals surface area contributed by atoms with Crippen LogP contribution in [0.3, 0.4) is 0 Å². The zero-order valence-corrected chi connectivity index (χ0v) is 17.3. The van der Waals surface area contributed by atoms with Crippen LogP contribution in [0, 0.1) is 5.82 Å². The summed E-state index contributed by atoms with van der Waals surface area (Å²) in [4.78, 5) is 0. The van der Waals surface area contributed by atoms with E-state index in [2.05, 4.69) is 5.32 Å². The summed E-state index contributed by atoms with van der Waals surface area (Å²) in [5.74, 6) is 1.79. The third-order valence-corrected chi connectivity index (χ3v) is 4.43. The first-order valence-corrected chi connectivity index (χ1v) is 9.07. The molecule has 0 saturated heterocycles. The SMILES string of the molecule is COc1ccccc1CNCc1cccc(OC)c1OCc1ccccc1F.Cl. The summed E-state index contributed by atoms with van der Waals surface area (Å²) in [7, 11) is 3.26. The van der Waals surface area contributed by atoms with Crippen molar-refractivity contribution in [2.75, 3.05) is 14.2 Å². The van der Waals surface area contributed by atoms with Gasteiger partial charge in [0.05, 0.1) is 14.2 Å². The number of nitrogens with one attached hydrogen (secondary N) is 1. The highest BCUT2D eigenvalue weighted by molar-refractivity contribution is 5.85. The van der Waals surface area contributed by atoms with Crippen molar-refractivity contribution in [3.05, 3.63) is 89.2 Å². The number of rotatable bonds is 9. The standard InChI is InChI=1S/C23H24FNO3.ClH/c1-26-21-12-6-4-8-17(21)14-25-15-18-10-7-13-22(27-2)23(18)28-16-19-9-3-5-11-20(19)24;/h3-13,25H,14-16H2,1-2H3;1H. The molecule has 0 bridgehead atoms. The summed E-state index contributed by atoms with van der Waals surface area (Å²) in [5, 5.41) is 3.40. The van der Waals surface area contributed by atoms with E-state index < -0.39 is 0 Å². The van der Waals surface area contributed by atoms with Crippen molar-refractivity contribution in [3.63, 3.8) is 0 Å². The number of hydrogen-bond donors (Lipinski definition) is 1. The molecular formula is C23H25ClFNO3. The highest BCUT2D eigenvalue weighted by atomic mass is 35.5. The smallest absolute Gasteiger partial charge is 0.166 e. The Hall–Kier alpha value is -2.76. The van der Waals surface area contributed by atoms with Gasteiger partial charge in [-0.05, 0) is 18.2 Å². The third kappa shape index (κ3) is 5.86. The van der Waals surface area contributed by atoms with Gasteiger partial charge in [0.1, 0.15) is 18.2 Å². The molecule has 3 aromatic carbocycles. The average molecular weight is 418 g/mol. The first-order chi connectivity index (χ1) is 13.7. The lowest BCUT2D eigenvalue weighted by Gasteiger charge is -2.16. The van der Waals surface area contributed by atoms with Gasteiger partial charge in [0.15, 0.2) is 11.5 Å². The summed E-state index contributed by atoms with van der Waals surface area (Å²) in [5.41, 5.74) is 2.51. The maximum absolute atomic E-state index is 13.9. The molecule has 154 valence electrons. The molecule has 0 amide bonds. The zero-order valence-electron chi connectivity index (χ0n) is 16.5. The van der Waals surface area contributed by atoms with Crippen LogP contribution >= 0.6 is 12.4 Å². The molecule has 0 aromatic heterocycles. The number of methoxy groups -OCH3 is 2. The molecule has 4 nitrogen and oxygen atoms in total. The van der Waals surface area contributed by atoms with Gasteiger partial charge in [0, 0.05) is 29.8 Å². The summed E-state index contributed by atoms with van der Waals surface area (Å²) >= 11 is 0. The van der Waals surface area contributed by atoms with Crippen LogP contribution in [0.25, 0.3) is 0 Å². The van der Waals surface area contributed by atoms with E-state index in [1.807, 2.05) is 42.5 Å². The molecule has 0 spiro atoms. The van der Waals surface area contributed by atoms with Gasteiger partial charge in [-0.1, -0.05) is 48.5 Å². The molecule has 0 aliphatic heterocycles. The number of benzene rings is 3. The lowest BCUT2D eigenvalue weighted by molar-refractivity contribution is 0.276. The molecule has 1 N–H and O–H groups in total. The highest BCUT2D eigenvalue weighted by Crippen LogP contribution is 2.32. The largest absolute Gasteiger partial charge is 0.496 e. The Morgan fingerprint density at radius 3 is 2.03 bits per heavy atom. The van der Waals surface area contributed by atoms with Crippen LogP contribution in [0.2, 0.25) is 0 Å². The summed E-state index contributed by atoms with van der Waals surface area (Å²) < 4.78 is 30.7. The van der Waals surface area contributed by atoms with Crippen molar-refractivity contribution in [1.82, 2.24) is 5.32 Å². The van der Waals surface area contributed by atoms with Crippen LogP contribution in [0.4, 0.5) is 4.39 Å². The van der Waals surface area contributed by atoms with Gasteiger partial charge in [0.2, 0.25) is 0 Å². The number of halogens is 2. The van der Waals surface area contributed by atoms with Gasteiger partial charge in [-0.3, -0.25) is 0 Å². The van der Waals surface area contributed by atoms with Crippen molar-refractivity contribution in [3.8, 4) is 17.2 Å². The molecular weight excluding hydrogens is 393 g/mol. The molecule has 0 aliphatic rings. The minimum absolute atomic E-state index is 0. The van der Waals surface area contributed by atoms with Crippen molar-refractivity contribution >= 4 is 12.4 Å². The molecule has 0 radical (unpaired) electrons. The first-order valence-electron chi connectivity index (χ1n) is 9.07. The summed E-state index contributed by atoms with van der Waals surface area (Å²) in [6.45, 7) is 1.35. The van der Waals surface area contributed by atoms with Crippen LogP contribution in [0.5, 0.6) is 17.2 Å². The van der Waals surface area contributed by atoms with E-state index in [4.69, 9.17) is 14.2 Å². The lowest BCUT2D eigenvalue weighted by atomic mass is 10.1. The van der Waals surface area contributed by atoms with E-state index in [1.165, 1.54) is 6.07 Å². The fraction of sp³-hybridized carbons (Fsp3) is 0.217. The zero-order chi connectivity index (χ0) is 19.8. The molecule has 0 fully saturated rings. The Balaban J connectivity index is 0.00000300. The first kappa shape index (κ1) is 22.5. The fourth-order valence-electron chi connectivity index (χ4n) is 2.97. The molecule has 0 saturated carbocycles. The van der Waals surface area contributed by atoms with Gasteiger partial charge < -0.3 is 19.5 Å². The molecule has 3 aromatic rings. The Bertz CT molecular complexity index is 920. The normalized spacial score (nSPS) is 10.2. The van der Waals surface area contributed by atoms with E-state index in [-0.39, 0.29) is 24.8 Å². The van der Waals surface area contributed by atoms with Gasteiger partial charge in [0.25, 0.3) is 0 Å². The summed E-state index contributed by atoms with van der Waals surface area (Å²) in [6, 6.07) is 20.2. The van der Waals surface area contributed by atoms with Gasteiger partial charge >= 0.3 is 0 Å². The minimum Gasteiger partial charge on any atom is -0.496 e. The van der Waals surface area contributed by atoms with Crippen molar-refractivity contribution in [2.24, 2.45) is 0 Å². The van der Waals surface area contributed by atoms with Crippen LogP contribution in [-0.2, 0) is 19.7 Å². The quantitative estimate of drug-likeness (QED) is 0.523. The highest BCUT2D eigenvalue weighted by Gasteiger charge is 2.12. The second-order valence-electron chi connectivity index (χ2n) is 6.24. The van der Waals surface area contributed by atoms with Crippen molar-refractivity contribution in [2.45, 2.75) is 19.7 Å². The predicted molar refractivity (Wildman–Crippen MR) is 115 cm³/mol. The maximum Gasteiger partial charge on any atom is 0.166 e. The lowest BCUT2D eigenvalue weighted by Crippen LogP contribution is -2.14. The molecule has 0 heterocycles. The van der Waals surface area contributed by atoms with Gasteiger partial charge in [-0.2, -0.15) is 0 Å². The fourth-order valence-corrected chi connectivity index (χ4v) is 2.97. The molecule has 29 heavy (non-hydrogen) atoms. The Morgan fingerprint density at radius 1 is 0.724 bits per heavy atom. The van der Waals surface area contributed by atoms with Crippen LogP contribution in [0.15, 0.2) is 66.7 Å². The van der Waals surface area contributed by atoms with E-state index in [0.29, 0.717) is 30.2 Å². The van der Waals surface area contributed by atoms with Crippen LogP contribution in [0.1, 0.15) is 16.7 Å². The topological polar surface area (TPSA) is 39.7 Å². The monoisotopic (exact) mass is 417 g/mol. The second kappa shape index (κ2) is 11.3. The Morgan fingerprint density at radius 2 is 1.31 bits per heavy atom. The van der Waals surface area contributed by atoms with Crippen LogP contribution in [-0.4, -0.2) is 14.2 Å². The van der Waals surface area contributed by atoms with Gasteiger partial charge in [-0.15, -0.1) is 12.4 Å². The summed E-state index contributed by atoms with van der Waals surface area (Å²) in [6.07, 6.45) is 0. The van der Waals surface area contributed by atoms with Crippen LogP contribution < -0.4 is 19.5 Å². The number of ether oxygens (including phenoxy) is 3. The second-order valence-corrected chi connectivity index (χ2v) is 6.24. The maximum atomic E-state index is 13.9. The molecule has 3 rings (SSSR count). The van der Waals surface area contributed by atoms with E-state index in [0.717, 1.165) is 16.9 Å². The average Bonchev–Trinajstić information content (AvgIpc) is 2.74. The van der Waals surface area contributed by atoms with E-state index in [9.17, 15) is 4.39 Å². The van der Waals surface area contributed by atoms with Gasteiger partial charge in [-0.25, -0.2) is 4.39 Å². The predicted octanol–water partition coefficient (Wildman–Crippen LogP) is 5.13. The van der Waals surface area contributed by atoms with E-state index in [1.54, 1.807) is 32.4 Å². The third-order valence-electron chi connectivity index (χ3n) is 4.43. The molecule has 6 heteroatoms. The number of hydrogen-bond acceptors (Lipinski definition) is 4. The Labute approximate surface area is 177 Å². The molecule has 0 unspecified atom stereocenters. The van der Waals surface area contributed by atoms with Crippen molar-refractivity contribution in [1.29, 1.82) is 0 Å². The Kier molecular flexibility index (Phi) is 8.77.